The second-order valence-electron chi connectivity index (χ2n) is 3.09. The predicted molar refractivity (Wildman–Crippen MR) is 53.2 cm³/mol. The van der Waals surface area contributed by atoms with Gasteiger partial charge in [-0.1, -0.05) is 0 Å². The minimum Gasteiger partial charge on any atom is -0.481 e. The van der Waals surface area contributed by atoms with Crippen LogP contribution in [0.15, 0.2) is 10.5 Å². The fourth-order valence-electron chi connectivity index (χ4n) is 1.16. The van der Waals surface area contributed by atoms with E-state index in [2.05, 4.69) is 15.9 Å². The Labute approximate surface area is 97.2 Å². The Kier molecular flexibility index (Phi) is 3.93. The highest BCUT2D eigenvalue weighted by Gasteiger charge is 2.22. The lowest BCUT2D eigenvalue weighted by Crippen LogP contribution is -2.17. The normalized spacial score (nSPS) is 12.6. The highest BCUT2D eigenvalue weighted by Crippen LogP contribution is 2.28. The largest absolute Gasteiger partial charge is 0.481 e. The number of rotatable bonds is 3. The number of carboxylic acid groups (broad SMARTS) is 1. The third-order valence-corrected chi connectivity index (χ3v) is 2.65. The van der Waals surface area contributed by atoms with Crippen LogP contribution in [0.1, 0.15) is 18.0 Å². The molecule has 0 heterocycles. The van der Waals surface area contributed by atoms with Crippen LogP contribution in [-0.4, -0.2) is 11.1 Å². The summed E-state index contributed by atoms with van der Waals surface area (Å²) in [7, 11) is 0. The SMILES string of the molecule is NC(CC(=O)O)c1cc(F)c(Br)c(F)c1F. The van der Waals surface area contributed by atoms with E-state index in [1.807, 2.05) is 0 Å². The minimum atomic E-state index is -1.42. The van der Waals surface area contributed by atoms with Crippen molar-refractivity contribution in [3.05, 3.63) is 33.6 Å². The number of nitrogens with two attached hydrogens (primary N) is 1. The van der Waals surface area contributed by atoms with Crippen LogP contribution in [-0.2, 0) is 4.79 Å². The number of hydrogen-bond acceptors (Lipinski definition) is 2. The van der Waals surface area contributed by atoms with Gasteiger partial charge in [0.05, 0.1) is 10.9 Å². The Morgan fingerprint density at radius 2 is 2.00 bits per heavy atom. The Hall–Kier alpha value is -1.08. The zero-order valence-corrected chi connectivity index (χ0v) is 9.39. The molecule has 0 saturated heterocycles. The van der Waals surface area contributed by atoms with Crippen LogP contribution in [0.4, 0.5) is 13.2 Å². The van der Waals surface area contributed by atoms with Gasteiger partial charge in [0.1, 0.15) is 5.82 Å². The second-order valence-corrected chi connectivity index (χ2v) is 3.89. The lowest BCUT2D eigenvalue weighted by molar-refractivity contribution is -0.137. The molecule has 7 heteroatoms. The molecule has 0 saturated carbocycles. The van der Waals surface area contributed by atoms with Crippen LogP contribution in [0.2, 0.25) is 0 Å². The molecule has 0 radical (unpaired) electrons. The van der Waals surface area contributed by atoms with Gasteiger partial charge in [-0.25, -0.2) is 13.2 Å². The van der Waals surface area contributed by atoms with Crippen LogP contribution in [0.3, 0.4) is 0 Å². The summed E-state index contributed by atoms with van der Waals surface area (Å²) in [6.07, 6.45) is -0.614. The van der Waals surface area contributed by atoms with Crippen molar-refractivity contribution in [3.8, 4) is 0 Å². The molecule has 0 aliphatic rings. The summed E-state index contributed by atoms with van der Waals surface area (Å²) in [5.41, 5.74) is 4.82. The molecular formula is C9H7BrF3NO2. The maximum atomic E-state index is 13.3. The van der Waals surface area contributed by atoms with E-state index in [0.29, 0.717) is 6.07 Å². The minimum absolute atomic E-state index is 0.499. The summed E-state index contributed by atoms with van der Waals surface area (Å²) in [6.45, 7) is 0. The topological polar surface area (TPSA) is 63.3 Å². The third kappa shape index (κ3) is 2.53. The van der Waals surface area contributed by atoms with Gasteiger partial charge in [-0.3, -0.25) is 4.79 Å². The first-order chi connectivity index (χ1) is 7.34. The number of hydrogen-bond donors (Lipinski definition) is 2. The Balaban J connectivity index is 3.19. The summed E-state index contributed by atoms with van der Waals surface area (Å²) in [5.74, 6) is -5.08. The molecular weight excluding hydrogens is 291 g/mol. The van der Waals surface area contributed by atoms with Gasteiger partial charge in [-0.15, -0.1) is 0 Å². The van der Waals surface area contributed by atoms with E-state index in [0.717, 1.165) is 0 Å². The third-order valence-electron chi connectivity index (χ3n) is 1.92. The van der Waals surface area contributed by atoms with Crippen LogP contribution < -0.4 is 5.73 Å². The first-order valence-electron chi connectivity index (χ1n) is 4.14. The smallest absolute Gasteiger partial charge is 0.305 e. The van der Waals surface area contributed by atoms with E-state index in [1.54, 1.807) is 0 Å². The van der Waals surface area contributed by atoms with Gasteiger partial charge in [-0.2, -0.15) is 0 Å². The molecule has 1 aromatic carbocycles. The molecule has 1 aromatic rings. The maximum Gasteiger partial charge on any atom is 0.305 e. The van der Waals surface area contributed by atoms with Gasteiger partial charge in [-0.05, 0) is 22.0 Å². The fraction of sp³-hybridized carbons (Fsp3) is 0.222. The van der Waals surface area contributed by atoms with Crippen LogP contribution in [0, 0.1) is 17.5 Å². The van der Waals surface area contributed by atoms with Gasteiger partial charge in [0, 0.05) is 11.6 Å². The van der Waals surface area contributed by atoms with Crippen molar-refractivity contribution in [2.24, 2.45) is 5.73 Å². The van der Waals surface area contributed by atoms with Gasteiger partial charge >= 0.3 is 5.97 Å². The van der Waals surface area contributed by atoms with Gasteiger partial charge in [0.25, 0.3) is 0 Å². The molecule has 3 N–H and O–H groups in total. The second kappa shape index (κ2) is 4.84. The standard InChI is InChI=1S/C9H7BrF3NO2/c10-7-4(11)1-3(8(12)9(7)13)5(14)2-6(15)16/h1,5H,2,14H2,(H,15,16). The zero-order chi connectivity index (χ0) is 12.5. The summed E-state index contributed by atoms with van der Waals surface area (Å²) in [4.78, 5) is 10.3. The van der Waals surface area contributed by atoms with Gasteiger partial charge in [0.2, 0.25) is 0 Å². The zero-order valence-electron chi connectivity index (χ0n) is 7.81. The van der Waals surface area contributed by atoms with Gasteiger partial charge < -0.3 is 10.8 Å². The highest BCUT2D eigenvalue weighted by molar-refractivity contribution is 9.10. The number of halogens is 4. The monoisotopic (exact) mass is 297 g/mol. The van der Waals surface area contributed by atoms with Crippen molar-refractivity contribution in [1.82, 2.24) is 0 Å². The molecule has 0 spiro atoms. The Bertz CT molecular complexity index is 439. The van der Waals surface area contributed by atoms with E-state index < -0.39 is 45.9 Å². The number of aliphatic carboxylic acids is 1. The van der Waals surface area contributed by atoms with Crippen molar-refractivity contribution in [2.75, 3.05) is 0 Å². The molecule has 0 aromatic heterocycles. The van der Waals surface area contributed by atoms with E-state index in [1.165, 1.54) is 0 Å². The first-order valence-corrected chi connectivity index (χ1v) is 4.94. The number of carbonyl (C=O) groups is 1. The van der Waals surface area contributed by atoms with Crippen molar-refractivity contribution < 1.29 is 23.1 Å². The maximum absolute atomic E-state index is 13.3. The summed E-state index contributed by atoms with van der Waals surface area (Å²) < 4.78 is 38.8. The average molecular weight is 298 g/mol. The van der Waals surface area contributed by atoms with Crippen molar-refractivity contribution in [1.29, 1.82) is 0 Å². The molecule has 0 amide bonds. The summed E-state index contributed by atoms with van der Waals surface area (Å²) in [6, 6.07) is -0.620. The van der Waals surface area contributed by atoms with Crippen molar-refractivity contribution in [3.63, 3.8) is 0 Å². The van der Waals surface area contributed by atoms with Crippen molar-refractivity contribution >= 4 is 21.9 Å². The molecule has 0 aliphatic heterocycles. The van der Waals surface area contributed by atoms with Crippen LogP contribution in [0.5, 0.6) is 0 Å². The highest BCUT2D eigenvalue weighted by atomic mass is 79.9. The van der Waals surface area contributed by atoms with Crippen molar-refractivity contribution in [2.45, 2.75) is 12.5 Å². The van der Waals surface area contributed by atoms with E-state index in [9.17, 15) is 18.0 Å². The van der Waals surface area contributed by atoms with Crippen LogP contribution >= 0.6 is 15.9 Å². The van der Waals surface area contributed by atoms with E-state index in [4.69, 9.17) is 10.8 Å². The van der Waals surface area contributed by atoms with Gasteiger partial charge in [0.15, 0.2) is 11.6 Å². The molecule has 3 nitrogen and oxygen atoms in total. The predicted octanol–water partition coefficient (Wildman–Crippen LogP) is 2.34. The number of benzene rings is 1. The lowest BCUT2D eigenvalue weighted by Gasteiger charge is -2.12. The molecule has 1 rings (SSSR count). The number of carboxylic acids is 1. The molecule has 1 unspecified atom stereocenters. The molecule has 0 bridgehead atoms. The van der Waals surface area contributed by atoms with E-state index in [-0.39, 0.29) is 0 Å². The summed E-state index contributed by atoms with van der Waals surface area (Å²) >= 11 is 2.52. The first kappa shape index (κ1) is 13.0. The quantitative estimate of drug-likeness (QED) is 0.665. The molecule has 88 valence electrons. The Morgan fingerprint density at radius 3 is 2.50 bits per heavy atom. The fourth-order valence-corrected chi connectivity index (χ4v) is 1.45. The summed E-state index contributed by atoms with van der Waals surface area (Å²) in [5, 5.41) is 8.43. The van der Waals surface area contributed by atoms with Crippen LogP contribution in [0.25, 0.3) is 0 Å². The molecule has 0 fully saturated rings. The Morgan fingerprint density at radius 1 is 1.44 bits per heavy atom. The lowest BCUT2D eigenvalue weighted by atomic mass is 10.0. The molecule has 0 aliphatic carbocycles. The average Bonchev–Trinajstić information content (AvgIpc) is 2.19. The van der Waals surface area contributed by atoms with E-state index >= 15 is 0 Å². The molecule has 1 atom stereocenters. The molecule has 16 heavy (non-hydrogen) atoms.